The van der Waals surface area contributed by atoms with Crippen LogP contribution in [-0.2, 0) is 19.2 Å². The van der Waals surface area contributed by atoms with E-state index in [1.165, 1.54) is 11.4 Å². The average Bonchev–Trinajstić information content (AvgIpc) is 2.93. The zero-order valence-electron chi connectivity index (χ0n) is 11.0. The van der Waals surface area contributed by atoms with Crippen molar-refractivity contribution >= 4 is 23.1 Å². The second kappa shape index (κ2) is 6.33. The van der Waals surface area contributed by atoms with Crippen molar-refractivity contribution in [3.05, 3.63) is 22.4 Å². The Bertz CT molecular complexity index is 490. The van der Waals surface area contributed by atoms with Gasteiger partial charge in [-0.05, 0) is 18.8 Å². The van der Waals surface area contributed by atoms with Gasteiger partial charge in [-0.15, -0.1) is 21.5 Å². The first-order valence-electron chi connectivity index (χ1n) is 6.05. The van der Waals surface area contributed by atoms with Crippen LogP contribution in [0.2, 0.25) is 0 Å². The van der Waals surface area contributed by atoms with Crippen LogP contribution in [0.1, 0.15) is 31.0 Å². The molecule has 0 amide bonds. The molecule has 0 N–H and O–H groups in total. The molecule has 0 spiro atoms. The summed E-state index contributed by atoms with van der Waals surface area (Å²) in [4.78, 5) is 4.65. The number of hydrogen-bond acceptors (Lipinski definition) is 5. The highest BCUT2D eigenvalue weighted by atomic mass is 32.2. The first-order chi connectivity index (χ1) is 8.65. The van der Waals surface area contributed by atoms with Crippen molar-refractivity contribution in [1.29, 1.82) is 0 Å². The van der Waals surface area contributed by atoms with Gasteiger partial charge in [-0.3, -0.25) is 0 Å². The summed E-state index contributed by atoms with van der Waals surface area (Å²) >= 11 is 3.44. The van der Waals surface area contributed by atoms with Crippen LogP contribution in [0.3, 0.4) is 0 Å². The fraction of sp³-hybridized carbons (Fsp3) is 0.583. The van der Waals surface area contributed by atoms with Crippen LogP contribution in [-0.4, -0.2) is 19.7 Å². The molecule has 0 unspecified atom stereocenters. The van der Waals surface area contributed by atoms with E-state index in [1.807, 2.05) is 11.6 Å². The van der Waals surface area contributed by atoms with Crippen molar-refractivity contribution in [3.8, 4) is 0 Å². The van der Waals surface area contributed by atoms with Crippen LogP contribution in [0.5, 0.6) is 0 Å². The predicted molar refractivity (Wildman–Crippen MR) is 75.8 cm³/mol. The van der Waals surface area contributed by atoms with E-state index in [4.69, 9.17) is 0 Å². The first-order valence-corrected chi connectivity index (χ1v) is 7.91. The fourth-order valence-corrected chi connectivity index (χ4v) is 3.18. The first kappa shape index (κ1) is 13.5. The standard InChI is InChI=1S/C12H18N4S2/c1-9(2)4-5-11-14-10(6-17-11)7-18-12-15-13-8-16(12)3/h6,8-9H,4-5,7H2,1-3H3. The summed E-state index contributed by atoms with van der Waals surface area (Å²) in [6.45, 7) is 4.50. The maximum Gasteiger partial charge on any atom is 0.191 e. The smallest absolute Gasteiger partial charge is 0.191 e. The minimum absolute atomic E-state index is 0.741. The highest BCUT2D eigenvalue weighted by molar-refractivity contribution is 7.98. The maximum absolute atomic E-state index is 4.65. The summed E-state index contributed by atoms with van der Waals surface area (Å²) < 4.78 is 1.93. The Balaban J connectivity index is 1.85. The lowest BCUT2D eigenvalue weighted by molar-refractivity contribution is 0.585. The summed E-state index contributed by atoms with van der Waals surface area (Å²) in [6, 6.07) is 0. The van der Waals surface area contributed by atoms with Crippen molar-refractivity contribution in [2.45, 2.75) is 37.6 Å². The zero-order valence-corrected chi connectivity index (χ0v) is 12.6. The third-order valence-corrected chi connectivity index (χ3v) is 4.58. The van der Waals surface area contributed by atoms with Gasteiger partial charge >= 0.3 is 0 Å². The van der Waals surface area contributed by atoms with Crippen molar-refractivity contribution < 1.29 is 0 Å². The van der Waals surface area contributed by atoms with Gasteiger partial charge in [0.2, 0.25) is 0 Å². The lowest BCUT2D eigenvalue weighted by Crippen LogP contribution is -1.93. The highest BCUT2D eigenvalue weighted by Gasteiger charge is 2.06. The topological polar surface area (TPSA) is 43.6 Å². The van der Waals surface area contributed by atoms with Crippen LogP contribution < -0.4 is 0 Å². The number of aromatic nitrogens is 4. The summed E-state index contributed by atoms with van der Waals surface area (Å²) in [6.07, 6.45) is 4.03. The van der Waals surface area contributed by atoms with Crippen LogP contribution in [0.15, 0.2) is 16.9 Å². The number of aryl methyl sites for hydroxylation is 2. The monoisotopic (exact) mass is 282 g/mol. The summed E-state index contributed by atoms with van der Waals surface area (Å²) in [5.41, 5.74) is 1.15. The molecule has 0 saturated carbocycles. The van der Waals surface area contributed by atoms with E-state index in [0.29, 0.717) is 0 Å². The molecule has 0 aliphatic heterocycles. The molecule has 6 heteroatoms. The number of thiazole rings is 1. The Morgan fingerprint density at radius 1 is 1.44 bits per heavy atom. The molecule has 0 aliphatic rings. The Labute approximate surface area is 116 Å². The van der Waals surface area contributed by atoms with Crippen molar-refractivity contribution in [2.24, 2.45) is 13.0 Å². The van der Waals surface area contributed by atoms with E-state index in [1.54, 1.807) is 29.4 Å². The van der Waals surface area contributed by atoms with Gasteiger partial charge in [0.25, 0.3) is 0 Å². The molecule has 2 aromatic rings. The van der Waals surface area contributed by atoms with Gasteiger partial charge in [0.1, 0.15) is 6.33 Å². The number of thioether (sulfide) groups is 1. The van der Waals surface area contributed by atoms with Gasteiger partial charge in [-0.2, -0.15) is 0 Å². The molecular weight excluding hydrogens is 264 g/mol. The molecule has 98 valence electrons. The Morgan fingerprint density at radius 3 is 2.94 bits per heavy atom. The Morgan fingerprint density at radius 2 is 2.28 bits per heavy atom. The number of nitrogens with zero attached hydrogens (tertiary/aromatic N) is 4. The molecule has 18 heavy (non-hydrogen) atoms. The third kappa shape index (κ3) is 3.81. The Kier molecular flexibility index (Phi) is 4.77. The highest BCUT2D eigenvalue weighted by Crippen LogP contribution is 2.22. The van der Waals surface area contributed by atoms with Crippen LogP contribution in [0.4, 0.5) is 0 Å². The van der Waals surface area contributed by atoms with Crippen molar-refractivity contribution in [2.75, 3.05) is 0 Å². The summed E-state index contributed by atoms with van der Waals surface area (Å²) in [7, 11) is 1.96. The van der Waals surface area contributed by atoms with Gasteiger partial charge in [0.05, 0.1) is 10.7 Å². The number of hydrogen-bond donors (Lipinski definition) is 0. The van der Waals surface area contributed by atoms with Crippen LogP contribution >= 0.6 is 23.1 Å². The SMILES string of the molecule is CC(C)CCc1nc(CSc2nncn2C)cs1. The third-order valence-electron chi connectivity index (χ3n) is 2.55. The molecule has 4 nitrogen and oxygen atoms in total. The average molecular weight is 282 g/mol. The maximum atomic E-state index is 4.65. The van der Waals surface area contributed by atoms with E-state index in [-0.39, 0.29) is 0 Å². The lowest BCUT2D eigenvalue weighted by atomic mass is 10.1. The minimum Gasteiger partial charge on any atom is -0.312 e. The van der Waals surface area contributed by atoms with E-state index in [2.05, 4.69) is 34.4 Å². The molecule has 0 aromatic carbocycles. The molecule has 0 fully saturated rings. The predicted octanol–water partition coefficient (Wildman–Crippen LogP) is 3.15. The Hall–Kier alpha value is -0.880. The van der Waals surface area contributed by atoms with Crippen molar-refractivity contribution in [1.82, 2.24) is 19.7 Å². The quantitative estimate of drug-likeness (QED) is 0.763. The largest absolute Gasteiger partial charge is 0.312 e. The van der Waals surface area contributed by atoms with E-state index in [0.717, 1.165) is 28.9 Å². The van der Waals surface area contributed by atoms with E-state index in [9.17, 15) is 0 Å². The zero-order chi connectivity index (χ0) is 13.0. The second-order valence-corrected chi connectivity index (χ2v) is 6.56. The second-order valence-electron chi connectivity index (χ2n) is 4.68. The van der Waals surface area contributed by atoms with Crippen LogP contribution in [0, 0.1) is 5.92 Å². The molecule has 0 saturated heterocycles. The van der Waals surface area contributed by atoms with Crippen LogP contribution in [0.25, 0.3) is 0 Å². The fourth-order valence-electron chi connectivity index (χ4n) is 1.48. The molecule has 2 rings (SSSR count). The molecule has 2 aromatic heterocycles. The normalized spacial score (nSPS) is 11.3. The lowest BCUT2D eigenvalue weighted by Gasteiger charge is -2.00. The summed E-state index contributed by atoms with van der Waals surface area (Å²) in [5.74, 6) is 1.61. The van der Waals surface area contributed by atoms with E-state index >= 15 is 0 Å². The molecule has 0 radical (unpaired) electrons. The van der Waals surface area contributed by atoms with E-state index < -0.39 is 0 Å². The molecule has 0 atom stereocenters. The van der Waals surface area contributed by atoms with Gasteiger partial charge < -0.3 is 4.57 Å². The van der Waals surface area contributed by atoms with Gasteiger partial charge in [0, 0.05) is 18.2 Å². The van der Waals surface area contributed by atoms with Crippen molar-refractivity contribution in [3.63, 3.8) is 0 Å². The number of rotatable bonds is 6. The molecular formula is C12H18N4S2. The molecule has 0 bridgehead atoms. The van der Waals surface area contributed by atoms with Gasteiger partial charge in [-0.25, -0.2) is 4.98 Å². The molecule has 2 heterocycles. The minimum atomic E-state index is 0.741. The molecule has 0 aliphatic carbocycles. The van der Waals surface area contributed by atoms with Gasteiger partial charge in [0.15, 0.2) is 5.16 Å². The van der Waals surface area contributed by atoms with Gasteiger partial charge in [-0.1, -0.05) is 25.6 Å². The summed E-state index contributed by atoms with van der Waals surface area (Å²) in [5, 5.41) is 12.2.